The number of nitrogens with zero attached hydrogens (tertiary/aromatic N) is 3. The molecule has 4 rings (SSSR count). The highest BCUT2D eigenvalue weighted by Crippen LogP contribution is 2.34. The molecule has 1 saturated carbocycles. The summed E-state index contributed by atoms with van der Waals surface area (Å²) in [5, 5.41) is 4.37. The Morgan fingerprint density at radius 1 is 1.26 bits per heavy atom. The first kappa shape index (κ1) is 10.7. The number of aryl methyl sites for hydroxylation is 2. The van der Waals surface area contributed by atoms with Gasteiger partial charge < -0.3 is 9.73 Å². The average molecular weight is 254 g/mol. The Morgan fingerprint density at radius 2 is 2.11 bits per heavy atom. The summed E-state index contributed by atoms with van der Waals surface area (Å²) in [7, 11) is 0. The smallest absolute Gasteiger partial charge is 0.229 e. The maximum Gasteiger partial charge on any atom is 0.229 e. The van der Waals surface area contributed by atoms with Gasteiger partial charge in [-0.3, -0.25) is 0 Å². The topological polar surface area (TPSA) is 63.8 Å². The van der Waals surface area contributed by atoms with Crippen LogP contribution in [0.15, 0.2) is 16.8 Å². The van der Waals surface area contributed by atoms with Crippen LogP contribution in [0.1, 0.15) is 24.1 Å². The molecule has 1 aliphatic carbocycles. The molecule has 0 spiro atoms. The van der Waals surface area contributed by atoms with Gasteiger partial charge in [0.15, 0.2) is 11.4 Å². The maximum atomic E-state index is 5.88. The van der Waals surface area contributed by atoms with Crippen LogP contribution in [0.4, 0.5) is 5.82 Å². The molecule has 0 aliphatic heterocycles. The van der Waals surface area contributed by atoms with Gasteiger partial charge in [0.25, 0.3) is 0 Å². The van der Waals surface area contributed by atoms with Gasteiger partial charge in [-0.15, -0.1) is 0 Å². The van der Waals surface area contributed by atoms with Crippen molar-refractivity contribution < 1.29 is 4.42 Å². The van der Waals surface area contributed by atoms with Crippen LogP contribution in [0.2, 0.25) is 0 Å². The summed E-state index contributed by atoms with van der Waals surface area (Å²) < 4.78 is 5.88. The lowest BCUT2D eigenvalue weighted by Crippen LogP contribution is -2.03. The Hall–Kier alpha value is -2.17. The molecule has 1 fully saturated rings. The molecule has 19 heavy (non-hydrogen) atoms. The third-order valence-corrected chi connectivity index (χ3v) is 3.47. The number of pyridine rings is 1. The molecular formula is C14H14N4O. The SMILES string of the molecule is Cc1cc(C)c2c(n1)oc1c(NC3CC3)ncnc12. The van der Waals surface area contributed by atoms with E-state index in [4.69, 9.17) is 4.42 Å². The molecule has 1 aliphatic rings. The summed E-state index contributed by atoms with van der Waals surface area (Å²) in [6.45, 7) is 4.02. The molecule has 0 unspecified atom stereocenters. The average Bonchev–Trinajstić information content (AvgIpc) is 3.08. The largest absolute Gasteiger partial charge is 0.432 e. The number of anilines is 1. The second-order valence-corrected chi connectivity index (χ2v) is 5.18. The van der Waals surface area contributed by atoms with Crippen LogP contribution in [-0.2, 0) is 0 Å². The molecule has 0 aromatic carbocycles. The van der Waals surface area contributed by atoms with Gasteiger partial charge in [0.1, 0.15) is 11.8 Å². The minimum atomic E-state index is 0.530. The summed E-state index contributed by atoms with van der Waals surface area (Å²) in [5.74, 6) is 0.780. The van der Waals surface area contributed by atoms with Gasteiger partial charge in [-0.2, -0.15) is 0 Å². The number of fused-ring (bicyclic) bond motifs is 3. The van der Waals surface area contributed by atoms with Crippen molar-refractivity contribution in [1.29, 1.82) is 0 Å². The fraction of sp³-hybridized carbons (Fsp3) is 0.357. The Labute approximate surface area is 110 Å². The number of hydrogen-bond donors (Lipinski definition) is 1. The van der Waals surface area contributed by atoms with Crippen LogP contribution in [0.3, 0.4) is 0 Å². The zero-order chi connectivity index (χ0) is 13.0. The zero-order valence-electron chi connectivity index (χ0n) is 10.9. The van der Waals surface area contributed by atoms with E-state index in [-0.39, 0.29) is 0 Å². The lowest BCUT2D eigenvalue weighted by Gasteiger charge is -2.02. The maximum absolute atomic E-state index is 5.88. The normalized spacial score (nSPS) is 15.3. The molecular weight excluding hydrogens is 240 g/mol. The molecule has 3 aromatic heterocycles. The first-order valence-corrected chi connectivity index (χ1v) is 6.50. The van der Waals surface area contributed by atoms with Crippen LogP contribution < -0.4 is 5.32 Å². The summed E-state index contributed by atoms with van der Waals surface area (Å²) in [6.07, 6.45) is 3.98. The van der Waals surface area contributed by atoms with Crippen molar-refractivity contribution in [2.75, 3.05) is 5.32 Å². The first-order valence-electron chi connectivity index (χ1n) is 6.50. The number of furan rings is 1. The summed E-state index contributed by atoms with van der Waals surface area (Å²) in [6, 6.07) is 2.58. The van der Waals surface area contributed by atoms with E-state index in [9.17, 15) is 0 Å². The molecule has 96 valence electrons. The Bertz CT molecular complexity index is 789. The third kappa shape index (κ3) is 1.65. The Kier molecular flexibility index (Phi) is 2.07. The molecule has 0 saturated heterocycles. The van der Waals surface area contributed by atoms with Crippen LogP contribution in [0.25, 0.3) is 22.2 Å². The number of hydrogen-bond acceptors (Lipinski definition) is 5. The van der Waals surface area contributed by atoms with E-state index in [1.165, 1.54) is 12.8 Å². The van der Waals surface area contributed by atoms with Crippen molar-refractivity contribution in [2.45, 2.75) is 32.7 Å². The minimum Gasteiger partial charge on any atom is -0.432 e. The van der Waals surface area contributed by atoms with E-state index >= 15 is 0 Å². The standard InChI is InChI=1S/C14H14N4O/c1-7-5-8(2)17-14-10(7)11-12(19-14)13(16-6-15-11)18-9-3-4-9/h5-6,9H,3-4H2,1-2H3,(H,15,16,18). The molecule has 3 heterocycles. The molecule has 0 radical (unpaired) electrons. The van der Waals surface area contributed by atoms with E-state index in [1.807, 2.05) is 13.0 Å². The van der Waals surface area contributed by atoms with E-state index in [2.05, 4.69) is 27.2 Å². The zero-order valence-corrected chi connectivity index (χ0v) is 10.9. The lowest BCUT2D eigenvalue weighted by atomic mass is 10.1. The van der Waals surface area contributed by atoms with Gasteiger partial charge in [0, 0.05) is 11.7 Å². The predicted octanol–water partition coefficient (Wildman–Crippen LogP) is 2.96. The molecule has 0 bridgehead atoms. The lowest BCUT2D eigenvalue weighted by molar-refractivity contribution is 0.650. The first-order chi connectivity index (χ1) is 9.22. The fourth-order valence-corrected chi connectivity index (χ4v) is 2.43. The highest BCUT2D eigenvalue weighted by Gasteiger charge is 2.24. The predicted molar refractivity (Wildman–Crippen MR) is 73.2 cm³/mol. The van der Waals surface area contributed by atoms with Crippen molar-refractivity contribution in [1.82, 2.24) is 15.0 Å². The molecule has 0 atom stereocenters. The third-order valence-electron chi connectivity index (χ3n) is 3.47. The second-order valence-electron chi connectivity index (χ2n) is 5.18. The molecule has 5 nitrogen and oxygen atoms in total. The van der Waals surface area contributed by atoms with Gasteiger partial charge in [0.05, 0.1) is 5.39 Å². The molecule has 5 heteroatoms. The monoisotopic (exact) mass is 254 g/mol. The molecule has 0 amide bonds. The van der Waals surface area contributed by atoms with E-state index < -0.39 is 0 Å². The number of rotatable bonds is 2. The highest BCUT2D eigenvalue weighted by atomic mass is 16.3. The summed E-state index contributed by atoms with van der Waals surface area (Å²) in [5.41, 5.74) is 4.29. The second kappa shape index (κ2) is 3.66. The van der Waals surface area contributed by atoms with E-state index in [0.717, 1.165) is 28.0 Å². The van der Waals surface area contributed by atoms with Gasteiger partial charge in [0.2, 0.25) is 5.71 Å². The van der Waals surface area contributed by atoms with Crippen molar-refractivity contribution in [3.8, 4) is 0 Å². The van der Waals surface area contributed by atoms with E-state index in [1.54, 1.807) is 6.33 Å². The van der Waals surface area contributed by atoms with Crippen molar-refractivity contribution in [3.63, 3.8) is 0 Å². The van der Waals surface area contributed by atoms with Crippen molar-refractivity contribution in [3.05, 3.63) is 23.7 Å². The number of aromatic nitrogens is 3. The van der Waals surface area contributed by atoms with Crippen molar-refractivity contribution in [2.24, 2.45) is 0 Å². The Balaban J connectivity index is 2.04. The van der Waals surface area contributed by atoms with Crippen molar-refractivity contribution >= 4 is 28.0 Å². The van der Waals surface area contributed by atoms with Gasteiger partial charge in [-0.25, -0.2) is 15.0 Å². The van der Waals surface area contributed by atoms with Gasteiger partial charge in [-0.05, 0) is 38.3 Å². The van der Waals surface area contributed by atoms with Crippen LogP contribution in [-0.4, -0.2) is 21.0 Å². The van der Waals surface area contributed by atoms with Crippen LogP contribution in [0.5, 0.6) is 0 Å². The van der Waals surface area contributed by atoms with E-state index in [0.29, 0.717) is 17.3 Å². The molecule has 3 aromatic rings. The quantitative estimate of drug-likeness (QED) is 0.761. The van der Waals surface area contributed by atoms with Gasteiger partial charge >= 0.3 is 0 Å². The van der Waals surface area contributed by atoms with Crippen LogP contribution in [0, 0.1) is 13.8 Å². The fourth-order valence-electron chi connectivity index (χ4n) is 2.43. The Morgan fingerprint density at radius 3 is 2.89 bits per heavy atom. The summed E-state index contributed by atoms with van der Waals surface area (Å²) in [4.78, 5) is 13.1. The van der Waals surface area contributed by atoms with Gasteiger partial charge in [-0.1, -0.05) is 0 Å². The summed E-state index contributed by atoms with van der Waals surface area (Å²) >= 11 is 0. The number of nitrogens with one attached hydrogen (secondary N) is 1. The molecule has 1 N–H and O–H groups in total. The minimum absolute atomic E-state index is 0.530. The van der Waals surface area contributed by atoms with Crippen LogP contribution >= 0.6 is 0 Å². The highest BCUT2D eigenvalue weighted by molar-refractivity contribution is 6.05.